The lowest BCUT2D eigenvalue weighted by Crippen LogP contribution is -2.57. The fraction of sp³-hybridized carbons (Fsp3) is 0.929. The number of hydrogen-bond donors (Lipinski definition) is 2. The van der Waals surface area contributed by atoms with Crippen LogP contribution in [0.5, 0.6) is 0 Å². The highest BCUT2D eigenvalue weighted by Crippen LogP contribution is 2.41. The predicted octanol–water partition coefficient (Wildman–Crippen LogP) is 2.01. The Kier molecular flexibility index (Phi) is 5.14. The van der Waals surface area contributed by atoms with Crippen molar-refractivity contribution in [3.63, 3.8) is 0 Å². The quantitative estimate of drug-likeness (QED) is 0.838. The molecular weight excluding hydrogens is 287 g/mol. The first-order valence-electron chi connectivity index (χ1n) is 7.45. The highest BCUT2D eigenvalue weighted by atomic mass is 19.4. The smallest absolute Gasteiger partial charge is 0.392 e. The van der Waals surface area contributed by atoms with E-state index in [0.717, 1.165) is 0 Å². The summed E-state index contributed by atoms with van der Waals surface area (Å²) in [5.41, 5.74) is -0.830. The zero-order chi connectivity index (χ0) is 15.5. The molecule has 1 heterocycles. The molecular formula is C14H22F3NO3. The zero-order valence-corrected chi connectivity index (χ0v) is 11.9. The summed E-state index contributed by atoms with van der Waals surface area (Å²) in [6.45, 7) is 0.522. The van der Waals surface area contributed by atoms with Gasteiger partial charge in [0.05, 0.1) is 18.1 Å². The molecule has 21 heavy (non-hydrogen) atoms. The van der Waals surface area contributed by atoms with Crippen molar-refractivity contribution in [3.8, 4) is 0 Å². The topological polar surface area (TPSA) is 58.6 Å². The summed E-state index contributed by atoms with van der Waals surface area (Å²) < 4.78 is 44.4. The second kappa shape index (κ2) is 6.52. The van der Waals surface area contributed by atoms with Gasteiger partial charge in [0.15, 0.2) is 0 Å². The molecule has 0 aromatic rings. The van der Waals surface area contributed by atoms with E-state index in [4.69, 9.17) is 4.74 Å². The molecule has 1 saturated heterocycles. The summed E-state index contributed by atoms with van der Waals surface area (Å²) in [5, 5.41) is 12.2. The SMILES string of the molecule is O=C(NC1(CO)CCOCC1)C1CCCCC1C(F)(F)F. The van der Waals surface area contributed by atoms with E-state index in [1.807, 2.05) is 0 Å². The third kappa shape index (κ3) is 3.88. The van der Waals surface area contributed by atoms with Crippen LogP contribution < -0.4 is 5.32 Å². The predicted molar refractivity (Wildman–Crippen MR) is 69.5 cm³/mol. The number of amides is 1. The molecule has 2 N–H and O–H groups in total. The van der Waals surface area contributed by atoms with Crippen molar-refractivity contribution in [2.75, 3.05) is 19.8 Å². The van der Waals surface area contributed by atoms with E-state index in [2.05, 4.69) is 5.32 Å². The number of halogens is 3. The molecule has 1 aliphatic heterocycles. The first-order valence-corrected chi connectivity index (χ1v) is 7.45. The van der Waals surface area contributed by atoms with Crippen molar-refractivity contribution in [1.82, 2.24) is 5.32 Å². The number of carbonyl (C=O) groups is 1. The van der Waals surface area contributed by atoms with Gasteiger partial charge in [-0.05, 0) is 25.7 Å². The molecule has 4 nitrogen and oxygen atoms in total. The van der Waals surface area contributed by atoms with Crippen molar-refractivity contribution in [1.29, 1.82) is 0 Å². The largest absolute Gasteiger partial charge is 0.394 e. The van der Waals surface area contributed by atoms with E-state index >= 15 is 0 Å². The molecule has 2 aliphatic rings. The fourth-order valence-electron chi connectivity index (χ4n) is 3.28. The maximum absolute atomic E-state index is 13.1. The van der Waals surface area contributed by atoms with E-state index in [0.29, 0.717) is 38.9 Å². The van der Waals surface area contributed by atoms with Gasteiger partial charge in [0.25, 0.3) is 0 Å². The molecule has 7 heteroatoms. The van der Waals surface area contributed by atoms with Gasteiger partial charge in [-0.3, -0.25) is 4.79 Å². The number of rotatable bonds is 3. The molecule has 0 aromatic heterocycles. The Balaban J connectivity index is 2.06. The normalized spacial score (nSPS) is 29.9. The molecule has 2 unspecified atom stereocenters. The van der Waals surface area contributed by atoms with Gasteiger partial charge in [-0.25, -0.2) is 0 Å². The van der Waals surface area contributed by atoms with E-state index in [1.165, 1.54) is 0 Å². The van der Waals surface area contributed by atoms with Gasteiger partial charge in [-0.1, -0.05) is 12.8 Å². The van der Waals surface area contributed by atoms with Crippen molar-refractivity contribution in [3.05, 3.63) is 0 Å². The van der Waals surface area contributed by atoms with E-state index in [-0.39, 0.29) is 19.4 Å². The average Bonchev–Trinajstić information content (AvgIpc) is 2.47. The van der Waals surface area contributed by atoms with Gasteiger partial charge < -0.3 is 15.2 Å². The van der Waals surface area contributed by atoms with Gasteiger partial charge in [-0.15, -0.1) is 0 Å². The molecule has 122 valence electrons. The first-order chi connectivity index (χ1) is 9.88. The summed E-state index contributed by atoms with van der Waals surface area (Å²) >= 11 is 0. The molecule has 2 fully saturated rings. The molecule has 0 aromatic carbocycles. The average molecular weight is 309 g/mol. The van der Waals surface area contributed by atoms with Crippen LogP contribution in [0.3, 0.4) is 0 Å². The summed E-state index contributed by atoms with van der Waals surface area (Å²) in [6, 6.07) is 0. The Labute approximate surface area is 122 Å². The van der Waals surface area contributed by atoms with Crippen molar-refractivity contribution < 1.29 is 27.8 Å². The van der Waals surface area contributed by atoms with Gasteiger partial charge in [0.2, 0.25) is 5.91 Å². The highest BCUT2D eigenvalue weighted by Gasteiger charge is 2.49. The zero-order valence-electron chi connectivity index (χ0n) is 11.9. The van der Waals surface area contributed by atoms with E-state index in [1.54, 1.807) is 0 Å². The van der Waals surface area contributed by atoms with Gasteiger partial charge in [0.1, 0.15) is 0 Å². The number of ether oxygens (including phenoxy) is 1. The van der Waals surface area contributed by atoms with Crippen molar-refractivity contribution >= 4 is 5.91 Å². The summed E-state index contributed by atoms with van der Waals surface area (Å²) in [6.07, 6.45) is -2.07. The molecule has 1 saturated carbocycles. The van der Waals surface area contributed by atoms with Gasteiger partial charge in [0, 0.05) is 19.1 Å². The number of aliphatic hydroxyl groups excluding tert-OH is 1. The van der Waals surface area contributed by atoms with Crippen molar-refractivity contribution in [2.45, 2.75) is 50.2 Å². The van der Waals surface area contributed by atoms with Crippen LogP contribution in [0.4, 0.5) is 13.2 Å². The second-order valence-electron chi connectivity index (χ2n) is 6.08. The lowest BCUT2D eigenvalue weighted by Gasteiger charge is -2.39. The van der Waals surface area contributed by atoms with Gasteiger partial charge in [-0.2, -0.15) is 13.2 Å². The molecule has 1 amide bonds. The molecule has 0 spiro atoms. The van der Waals surface area contributed by atoms with Gasteiger partial charge >= 0.3 is 6.18 Å². The molecule has 2 atom stereocenters. The third-order valence-electron chi connectivity index (χ3n) is 4.66. The Morgan fingerprint density at radius 3 is 2.43 bits per heavy atom. The Morgan fingerprint density at radius 1 is 1.24 bits per heavy atom. The second-order valence-corrected chi connectivity index (χ2v) is 6.08. The van der Waals surface area contributed by atoms with Crippen LogP contribution in [0.1, 0.15) is 38.5 Å². The summed E-state index contributed by atoms with van der Waals surface area (Å²) in [7, 11) is 0. The molecule has 2 rings (SSSR count). The number of nitrogens with one attached hydrogen (secondary N) is 1. The highest BCUT2D eigenvalue weighted by molar-refractivity contribution is 5.80. The summed E-state index contributed by atoms with van der Waals surface area (Å²) in [4.78, 5) is 12.3. The fourth-order valence-corrected chi connectivity index (χ4v) is 3.28. The number of aliphatic hydroxyl groups is 1. The van der Waals surface area contributed by atoms with Crippen LogP contribution in [0.25, 0.3) is 0 Å². The Morgan fingerprint density at radius 2 is 1.86 bits per heavy atom. The molecule has 1 aliphatic carbocycles. The maximum atomic E-state index is 13.1. The van der Waals surface area contributed by atoms with Crippen LogP contribution in [0, 0.1) is 11.8 Å². The van der Waals surface area contributed by atoms with Crippen LogP contribution in [0.2, 0.25) is 0 Å². The minimum absolute atomic E-state index is 0.0107. The lowest BCUT2D eigenvalue weighted by atomic mass is 9.77. The number of carbonyl (C=O) groups excluding carboxylic acids is 1. The molecule has 0 radical (unpaired) electrons. The molecule has 0 bridgehead atoms. The standard InChI is InChI=1S/C14H22F3NO3/c15-14(16,17)11-4-2-1-3-10(11)12(20)18-13(9-19)5-7-21-8-6-13/h10-11,19H,1-9H2,(H,18,20). The van der Waals surface area contributed by atoms with E-state index in [9.17, 15) is 23.1 Å². The summed E-state index contributed by atoms with van der Waals surface area (Å²) in [5.74, 6) is -3.18. The Hall–Kier alpha value is -0.820. The number of hydrogen-bond acceptors (Lipinski definition) is 3. The number of alkyl halides is 3. The van der Waals surface area contributed by atoms with E-state index < -0.39 is 29.5 Å². The Bertz CT molecular complexity index is 367. The maximum Gasteiger partial charge on any atom is 0.392 e. The van der Waals surface area contributed by atoms with Crippen LogP contribution in [0.15, 0.2) is 0 Å². The minimum Gasteiger partial charge on any atom is -0.394 e. The first kappa shape index (κ1) is 16.5. The van der Waals surface area contributed by atoms with Crippen LogP contribution in [-0.4, -0.2) is 42.5 Å². The third-order valence-corrected chi connectivity index (χ3v) is 4.66. The monoisotopic (exact) mass is 309 g/mol. The van der Waals surface area contributed by atoms with Crippen LogP contribution >= 0.6 is 0 Å². The minimum atomic E-state index is -4.34. The van der Waals surface area contributed by atoms with Crippen LogP contribution in [-0.2, 0) is 9.53 Å². The lowest BCUT2D eigenvalue weighted by molar-refractivity contribution is -0.199. The van der Waals surface area contributed by atoms with Crippen molar-refractivity contribution in [2.24, 2.45) is 11.8 Å².